The van der Waals surface area contributed by atoms with Crippen molar-refractivity contribution in [2.24, 2.45) is 0 Å². The van der Waals surface area contributed by atoms with Gasteiger partial charge >= 0.3 is 12.4 Å². The van der Waals surface area contributed by atoms with Crippen LogP contribution in [0.25, 0.3) is 0 Å². The van der Waals surface area contributed by atoms with Crippen LogP contribution in [-0.2, 0) is 12.4 Å². The number of hydrogen-bond acceptors (Lipinski definition) is 1. The van der Waals surface area contributed by atoms with E-state index in [9.17, 15) is 31.1 Å². The Bertz CT molecular complexity index is 459. The minimum absolute atomic E-state index is 0.318. The third kappa shape index (κ3) is 2.49. The molecule has 1 heterocycles. The summed E-state index contributed by atoms with van der Waals surface area (Å²) in [4.78, 5) is 12.0. The monoisotopic (exact) mass is 265 g/mol. The summed E-state index contributed by atoms with van der Waals surface area (Å²) in [5.74, 6) is 0. The van der Waals surface area contributed by atoms with Gasteiger partial charge in [-0.3, -0.25) is 4.79 Å². The lowest BCUT2D eigenvalue weighted by Gasteiger charge is -2.11. The average Bonchev–Trinajstić information content (AvgIpc) is 1.97. The van der Waals surface area contributed by atoms with Gasteiger partial charge in [-0.05, 0) is 6.07 Å². The standard InChI is InChI=1S/C7H2ClF6NO/c8-4-2(6(9,10)11)1-3(5(16)15-4)7(12,13)14/h1H,(H,15,16). The third-order valence-electron chi connectivity index (χ3n) is 1.60. The fraction of sp³-hybridized carbons (Fsp3) is 0.286. The third-order valence-corrected chi connectivity index (χ3v) is 1.90. The largest absolute Gasteiger partial charge is 0.421 e. The molecule has 1 aromatic heterocycles. The Kier molecular flexibility index (Phi) is 2.97. The summed E-state index contributed by atoms with van der Waals surface area (Å²) in [6.07, 6.45) is -10.2. The Labute approximate surface area is 88.8 Å². The van der Waals surface area contributed by atoms with Crippen molar-refractivity contribution in [3.63, 3.8) is 0 Å². The Balaban J connectivity index is 3.52. The number of alkyl halides is 6. The normalized spacial score (nSPS) is 12.9. The SMILES string of the molecule is O=c1[nH]c(Cl)c(C(F)(F)F)cc1C(F)(F)F. The molecule has 0 saturated carbocycles. The van der Waals surface area contributed by atoms with Gasteiger partial charge in [-0.15, -0.1) is 0 Å². The zero-order valence-electron chi connectivity index (χ0n) is 7.13. The first-order chi connectivity index (χ1) is 7.03. The van der Waals surface area contributed by atoms with Crippen molar-refractivity contribution in [3.05, 3.63) is 32.7 Å². The van der Waals surface area contributed by atoms with Crippen LogP contribution in [0, 0.1) is 0 Å². The Morgan fingerprint density at radius 2 is 1.44 bits per heavy atom. The van der Waals surface area contributed by atoms with E-state index < -0.39 is 34.2 Å². The van der Waals surface area contributed by atoms with Gasteiger partial charge in [0.25, 0.3) is 5.56 Å². The molecule has 0 bridgehead atoms. The number of rotatable bonds is 0. The van der Waals surface area contributed by atoms with Crippen LogP contribution in [0.3, 0.4) is 0 Å². The first-order valence-corrected chi connectivity index (χ1v) is 3.98. The number of aromatic nitrogens is 1. The van der Waals surface area contributed by atoms with Crippen LogP contribution in [-0.4, -0.2) is 4.98 Å². The molecule has 0 aliphatic heterocycles. The molecule has 9 heteroatoms. The van der Waals surface area contributed by atoms with Crippen LogP contribution in [0.1, 0.15) is 11.1 Å². The molecule has 0 saturated heterocycles. The van der Waals surface area contributed by atoms with E-state index in [1.54, 1.807) is 0 Å². The van der Waals surface area contributed by atoms with E-state index in [0.717, 1.165) is 0 Å². The molecule has 0 radical (unpaired) electrons. The molecule has 0 fully saturated rings. The van der Waals surface area contributed by atoms with Gasteiger partial charge in [0.05, 0.1) is 5.56 Å². The number of halogens is 7. The number of hydrogen-bond donors (Lipinski definition) is 1. The van der Waals surface area contributed by atoms with Crippen LogP contribution >= 0.6 is 11.6 Å². The fourth-order valence-corrected chi connectivity index (χ4v) is 1.17. The van der Waals surface area contributed by atoms with Crippen molar-refractivity contribution in [2.45, 2.75) is 12.4 Å². The molecule has 0 amide bonds. The molecular formula is C7H2ClF6NO. The van der Waals surface area contributed by atoms with Crippen LogP contribution in [0.4, 0.5) is 26.3 Å². The lowest BCUT2D eigenvalue weighted by Crippen LogP contribution is -2.24. The fourth-order valence-electron chi connectivity index (χ4n) is 0.924. The molecule has 0 aliphatic rings. The molecule has 90 valence electrons. The number of aromatic amines is 1. The van der Waals surface area contributed by atoms with Gasteiger partial charge in [0.15, 0.2) is 0 Å². The minimum Gasteiger partial charge on any atom is -0.312 e. The van der Waals surface area contributed by atoms with E-state index in [4.69, 9.17) is 11.6 Å². The topological polar surface area (TPSA) is 32.9 Å². The zero-order valence-corrected chi connectivity index (χ0v) is 7.89. The highest BCUT2D eigenvalue weighted by Gasteiger charge is 2.40. The van der Waals surface area contributed by atoms with E-state index in [2.05, 4.69) is 0 Å². The Hall–Kier alpha value is -1.18. The van der Waals surface area contributed by atoms with E-state index in [1.165, 1.54) is 4.98 Å². The van der Waals surface area contributed by atoms with Gasteiger partial charge in [0, 0.05) is 0 Å². The molecular weight excluding hydrogens is 264 g/mol. The summed E-state index contributed by atoms with van der Waals surface area (Å²) < 4.78 is 72.9. The molecule has 1 aromatic rings. The van der Waals surface area contributed by atoms with E-state index in [-0.39, 0.29) is 6.07 Å². The van der Waals surface area contributed by atoms with Gasteiger partial charge in [0.1, 0.15) is 10.7 Å². The Morgan fingerprint density at radius 3 is 1.81 bits per heavy atom. The summed E-state index contributed by atoms with van der Waals surface area (Å²) in [5, 5.41) is -1.18. The maximum Gasteiger partial charge on any atom is 0.421 e. The lowest BCUT2D eigenvalue weighted by atomic mass is 10.2. The highest BCUT2D eigenvalue weighted by molar-refractivity contribution is 6.30. The second-order valence-corrected chi connectivity index (χ2v) is 3.11. The zero-order chi connectivity index (χ0) is 12.7. The van der Waals surface area contributed by atoms with Gasteiger partial charge in [-0.25, -0.2) is 0 Å². The Morgan fingerprint density at radius 1 is 1.00 bits per heavy atom. The molecule has 1 N–H and O–H groups in total. The molecule has 0 spiro atoms. The minimum atomic E-state index is -5.17. The van der Waals surface area contributed by atoms with Gasteiger partial charge in [0.2, 0.25) is 0 Å². The molecule has 0 atom stereocenters. The maximum atomic E-state index is 12.2. The van der Waals surface area contributed by atoms with Gasteiger partial charge in [-0.1, -0.05) is 11.6 Å². The first-order valence-electron chi connectivity index (χ1n) is 3.60. The summed E-state index contributed by atoms with van der Waals surface area (Å²) in [6, 6.07) is -0.318. The van der Waals surface area contributed by atoms with Crippen molar-refractivity contribution in [1.29, 1.82) is 0 Å². The molecule has 0 aliphatic carbocycles. The predicted molar refractivity (Wildman–Crippen MR) is 42.1 cm³/mol. The maximum absolute atomic E-state index is 12.2. The molecule has 0 aromatic carbocycles. The summed E-state index contributed by atoms with van der Waals surface area (Å²) >= 11 is 4.99. The van der Waals surface area contributed by atoms with E-state index >= 15 is 0 Å². The molecule has 2 nitrogen and oxygen atoms in total. The highest BCUT2D eigenvalue weighted by atomic mass is 35.5. The summed E-state index contributed by atoms with van der Waals surface area (Å²) in [6.45, 7) is 0. The van der Waals surface area contributed by atoms with Gasteiger partial charge < -0.3 is 4.98 Å². The lowest BCUT2D eigenvalue weighted by molar-refractivity contribution is -0.144. The van der Waals surface area contributed by atoms with Crippen LogP contribution in [0.15, 0.2) is 10.9 Å². The smallest absolute Gasteiger partial charge is 0.312 e. The van der Waals surface area contributed by atoms with Crippen LogP contribution in [0.2, 0.25) is 5.15 Å². The molecule has 1 rings (SSSR count). The first kappa shape index (κ1) is 12.9. The van der Waals surface area contributed by atoms with Crippen LogP contribution < -0.4 is 5.56 Å². The van der Waals surface area contributed by atoms with E-state index in [1.807, 2.05) is 0 Å². The average molecular weight is 266 g/mol. The second-order valence-electron chi connectivity index (χ2n) is 2.74. The van der Waals surface area contributed by atoms with Crippen molar-refractivity contribution in [1.82, 2.24) is 4.98 Å². The van der Waals surface area contributed by atoms with Crippen molar-refractivity contribution < 1.29 is 26.3 Å². The summed E-state index contributed by atoms with van der Waals surface area (Å²) in [5.41, 5.74) is -5.39. The predicted octanol–water partition coefficient (Wildman–Crippen LogP) is 3.07. The van der Waals surface area contributed by atoms with Crippen molar-refractivity contribution >= 4 is 11.6 Å². The number of pyridine rings is 1. The molecule has 0 unspecified atom stereocenters. The molecule has 16 heavy (non-hydrogen) atoms. The van der Waals surface area contributed by atoms with Crippen molar-refractivity contribution in [3.8, 4) is 0 Å². The quantitative estimate of drug-likeness (QED) is 0.567. The second kappa shape index (κ2) is 3.69. The number of H-pyrrole nitrogens is 1. The van der Waals surface area contributed by atoms with Crippen LogP contribution in [0.5, 0.6) is 0 Å². The highest BCUT2D eigenvalue weighted by Crippen LogP contribution is 2.36. The number of nitrogens with one attached hydrogen (secondary N) is 1. The van der Waals surface area contributed by atoms with Crippen molar-refractivity contribution in [2.75, 3.05) is 0 Å². The van der Waals surface area contributed by atoms with E-state index in [0.29, 0.717) is 0 Å². The van der Waals surface area contributed by atoms with Gasteiger partial charge in [-0.2, -0.15) is 26.3 Å². The summed E-state index contributed by atoms with van der Waals surface area (Å²) in [7, 11) is 0.